The number of anilines is 1. The molecule has 0 radical (unpaired) electrons. The Labute approximate surface area is 160 Å². The van der Waals surface area contributed by atoms with Crippen LogP contribution in [0.15, 0.2) is 60.8 Å². The van der Waals surface area contributed by atoms with E-state index in [4.69, 9.17) is 5.26 Å². The molecule has 0 aliphatic rings. The summed E-state index contributed by atoms with van der Waals surface area (Å²) in [7, 11) is 0. The maximum absolute atomic E-state index is 12.2. The van der Waals surface area contributed by atoms with E-state index in [1.165, 1.54) is 30.3 Å². The van der Waals surface area contributed by atoms with Gasteiger partial charge in [-0.15, -0.1) is 0 Å². The van der Waals surface area contributed by atoms with Crippen molar-refractivity contribution in [3.05, 3.63) is 66.4 Å². The van der Waals surface area contributed by atoms with Crippen LogP contribution < -0.4 is 10.1 Å². The lowest BCUT2D eigenvalue weighted by atomic mass is 10.1. The minimum atomic E-state index is -2.89. The monoisotopic (exact) mass is 381 g/mol. The summed E-state index contributed by atoms with van der Waals surface area (Å²) >= 11 is 0. The van der Waals surface area contributed by atoms with Crippen LogP contribution in [-0.2, 0) is 11.3 Å². The number of hydrogen-bond acceptors (Lipinski definition) is 3. The second kappa shape index (κ2) is 8.82. The summed E-state index contributed by atoms with van der Waals surface area (Å²) in [5, 5.41) is 12.5. The van der Waals surface area contributed by atoms with Crippen LogP contribution in [0, 0.1) is 11.3 Å². The van der Waals surface area contributed by atoms with Gasteiger partial charge in [0.05, 0.1) is 12.5 Å². The maximum Gasteiger partial charge on any atom is 0.387 e. The molecule has 3 rings (SSSR count). The first-order valence-electron chi connectivity index (χ1n) is 8.55. The maximum atomic E-state index is 12.2. The molecular formula is C21H17F2N3O2. The number of nitrogens with zero attached hydrogens (tertiary/aromatic N) is 2. The van der Waals surface area contributed by atoms with E-state index in [1.807, 2.05) is 35.0 Å². The van der Waals surface area contributed by atoms with E-state index in [1.54, 1.807) is 6.08 Å². The lowest BCUT2D eigenvalue weighted by molar-refractivity contribution is -0.111. The number of nitrogens with one attached hydrogen (secondary N) is 1. The van der Waals surface area contributed by atoms with Crippen LogP contribution in [0.3, 0.4) is 0 Å². The molecule has 5 nitrogen and oxygen atoms in total. The normalized spacial score (nSPS) is 11.1. The Hall–Kier alpha value is -3.66. The Morgan fingerprint density at radius 2 is 1.96 bits per heavy atom. The molecule has 1 N–H and O–H groups in total. The Morgan fingerprint density at radius 1 is 1.21 bits per heavy atom. The topological polar surface area (TPSA) is 67.0 Å². The Balaban J connectivity index is 1.71. The number of aryl methyl sites for hydroxylation is 1. The summed E-state index contributed by atoms with van der Waals surface area (Å²) in [6.45, 7) is -2.32. The Kier molecular flexibility index (Phi) is 6.02. The minimum Gasteiger partial charge on any atom is -0.435 e. The van der Waals surface area contributed by atoms with Gasteiger partial charge in [-0.1, -0.05) is 18.2 Å². The van der Waals surface area contributed by atoms with E-state index in [-0.39, 0.29) is 11.7 Å². The first kappa shape index (κ1) is 19.1. The third kappa shape index (κ3) is 4.74. The fourth-order valence-electron chi connectivity index (χ4n) is 2.83. The quantitative estimate of drug-likeness (QED) is 0.598. The van der Waals surface area contributed by atoms with E-state index in [9.17, 15) is 13.6 Å². The molecule has 0 atom stereocenters. The molecule has 7 heteroatoms. The molecule has 0 saturated carbocycles. The third-order valence-corrected chi connectivity index (χ3v) is 4.05. The number of rotatable bonds is 7. The zero-order valence-corrected chi connectivity index (χ0v) is 14.8. The van der Waals surface area contributed by atoms with Gasteiger partial charge in [0.15, 0.2) is 0 Å². The molecule has 0 unspecified atom stereocenters. The molecule has 3 aromatic rings. The minimum absolute atomic E-state index is 0.0220. The highest BCUT2D eigenvalue weighted by Gasteiger charge is 2.07. The summed E-state index contributed by atoms with van der Waals surface area (Å²) in [6.07, 6.45) is 5.41. The summed E-state index contributed by atoms with van der Waals surface area (Å²) in [6, 6.07) is 15.6. The molecule has 1 amide bonds. The van der Waals surface area contributed by atoms with Gasteiger partial charge >= 0.3 is 6.61 Å². The fourth-order valence-corrected chi connectivity index (χ4v) is 2.83. The third-order valence-electron chi connectivity index (χ3n) is 4.05. The number of alkyl halides is 2. The van der Waals surface area contributed by atoms with Crippen LogP contribution in [0.25, 0.3) is 17.0 Å². The average Bonchev–Trinajstić information content (AvgIpc) is 3.04. The Morgan fingerprint density at radius 3 is 2.68 bits per heavy atom. The van der Waals surface area contributed by atoms with E-state index in [2.05, 4.69) is 16.1 Å². The lowest BCUT2D eigenvalue weighted by Gasteiger charge is -2.06. The van der Waals surface area contributed by atoms with Gasteiger partial charge in [-0.25, -0.2) is 0 Å². The fraction of sp³-hybridized carbons (Fsp3) is 0.143. The van der Waals surface area contributed by atoms with Crippen LogP contribution in [0.4, 0.5) is 14.5 Å². The highest BCUT2D eigenvalue weighted by Crippen LogP contribution is 2.23. The number of fused-ring (bicyclic) bond motifs is 1. The van der Waals surface area contributed by atoms with Crippen LogP contribution in [-0.4, -0.2) is 17.1 Å². The van der Waals surface area contributed by atoms with Crippen molar-refractivity contribution in [2.45, 2.75) is 19.6 Å². The van der Waals surface area contributed by atoms with Crippen molar-refractivity contribution in [3.63, 3.8) is 0 Å². The SMILES string of the molecule is N#CCCn1cc(/C=C/C(=O)Nc2ccc(OC(F)F)cc2)c2ccccc21. The highest BCUT2D eigenvalue weighted by molar-refractivity contribution is 6.03. The van der Waals surface area contributed by atoms with Gasteiger partial charge in [-0.2, -0.15) is 14.0 Å². The predicted molar refractivity (Wildman–Crippen MR) is 103 cm³/mol. The Bertz CT molecular complexity index is 1030. The van der Waals surface area contributed by atoms with E-state index < -0.39 is 6.61 Å². The molecule has 0 bridgehead atoms. The zero-order chi connectivity index (χ0) is 19.9. The van der Waals surface area contributed by atoms with Gasteiger partial charge in [0, 0.05) is 41.0 Å². The molecule has 0 fully saturated rings. The van der Waals surface area contributed by atoms with Crippen LogP contribution in [0.5, 0.6) is 5.75 Å². The van der Waals surface area contributed by atoms with Crippen molar-refractivity contribution >= 4 is 28.6 Å². The lowest BCUT2D eigenvalue weighted by Crippen LogP contribution is -2.08. The standard InChI is InChI=1S/C21H17F2N3O2/c22-21(23)28-17-9-7-16(8-10-17)25-20(27)11-6-15-14-26(13-3-12-24)19-5-2-1-4-18(15)19/h1-2,4-11,14,21H,3,13H2,(H,25,27)/b11-6+. The molecule has 142 valence electrons. The van der Waals surface area contributed by atoms with E-state index in [0.29, 0.717) is 18.7 Å². The number of ether oxygens (including phenoxy) is 1. The number of nitriles is 1. The van der Waals surface area contributed by atoms with Crippen molar-refractivity contribution in [1.82, 2.24) is 4.57 Å². The molecule has 28 heavy (non-hydrogen) atoms. The van der Waals surface area contributed by atoms with Crippen molar-refractivity contribution in [3.8, 4) is 11.8 Å². The van der Waals surface area contributed by atoms with Gasteiger partial charge in [0.25, 0.3) is 0 Å². The van der Waals surface area contributed by atoms with Gasteiger partial charge < -0.3 is 14.6 Å². The number of halogens is 2. The molecule has 1 heterocycles. The van der Waals surface area contributed by atoms with Crippen LogP contribution in [0.1, 0.15) is 12.0 Å². The van der Waals surface area contributed by atoms with Gasteiger partial charge in [-0.3, -0.25) is 4.79 Å². The summed E-state index contributed by atoms with van der Waals surface area (Å²) in [5.41, 5.74) is 2.32. The van der Waals surface area contributed by atoms with Crippen molar-refractivity contribution < 1.29 is 18.3 Å². The number of carbonyl (C=O) groups is 1. The molecule has 0 aliphatic heterocycles. The first-order valence-corrected chi connectivity index (χ1v) is 8.55. The number of hydrogen-bond donors (Lipinski definition) is 1. The van der Waals surface area contributed by atoms with Gasteiger partial charge in [-0.05, 0) is 36.4 Å². The van der Waals surface area contributed by atoms with Crippen molar-refractivity contribution in [2.75, 3.05) is 5.32 Å². The zero-order valence-electron chi connectivity index (χ0n) is 14.8. The molecule has 2 aromatic carbocycles. The number of para-hydroxylation sites is 1. The summed E-state index contributed by atoms with van der Waals surface area (Å²) < 4.78 is 30.6. The highest BCUT2D eigenvalue weighted by atomic mass is 19.3. The second-order valence-corrected chi connectivity index (χ2v) is 5.93. The van der Waals surface area contributed by atoms with Crippen molar-refractivity contribution in [2.24, 2.45) is 0 Å². The van der Waals surface area contributed by atoms with E-state index >= 15 is 0 Å². The van der Waals surface area contributed by atoms with Gasteiger partial charge in [0.1, 0.15) is 5.75 Å². The smallest absolute Gasteiger partial charge is 0.387 e. The molecule has 0 spiro atoms. The summed E-state index contributed by atoms with van der Waals surface area (Å²) in [5.74, 6) is -0.329. The second-order valence-electron chi connectivity index (χ2n) is 5.93. The largest absolute Gasteiger partial charge is 0.435 e. The number of amides is 1. The molecular weight excluding hydrogens is 364 g/mol. The average molecular weight is 381 g/mol. The predicted octanol–water partition coefficient (Wildman–Crippen LogP) is 4.81. The van der Waals surface area contributed by atoms with Crippen molar-refractivity contribution in [1.29, 1.82) is 5.26 Å². The number of benzene rings is 2. The molecule has 0 aliphatic carbocycles. The van der Waals surface area contributed by atoms with E-state index in [0.717, 1.165) is 16.5 Å². The number of aromatic nitrogens is 1. The summed E-state index contributed by atoms with van der Waals surface area (Å²) in [4.78, 5) is 12.2. The van der Waals surface area contributed by atoms with Crippen LogP contribution >= 0.6 is 0 Å². The molecule has 0 saturated heterocycles. The molecule has 1 aromatic heterocycles. The first-order chi connectivity index (χ1) is 13.6. The van der Waals surface area contributed by atoms with Crippen LogP contribution in [0.2, 0.25) is 0 Å². The number of carbonyl (C=O) groups excluding carboxylic acids is 1. The van der Waals surface area contributed by atoms with Gasteiger partial charge in [0.2, 0.25) is 5.91 Å².